The number of hydrogen-bond donors (Lipinski definition) is 1. The summed E-state index contributed by atoms with van der Waals surface area (Å²) in [6.07, 6.45) is 6.90. The van der Waals surface area contributed by atoms with Gasteiger partial charge in [-0.25, -0.2) is 0 Å². The number of benzene rings is 3. The number of nitrogens with zero attached hydrogens (tertiary/aromatic N) is 1. The second-order valence-electron chi connectivity index (χ2n) is 13.8. The summed E-state index contributed by atoms with van der Waals surface area (Å²) in [5, 5.41) is 15.3. The predicted molar refractivity (Wildman–Crippen MR) is 209 cm³/mol. The SMILES string of the molecule is CCC(CC)C(=O)/C=C(\O)C(CC)CC.Cc1c(C[Si](C)(C)C)ccc2c1sc1c(-c3[c-]ccc4c3[te]c3ccccc34)nccc12.[Ir]. The molecule has 48 heavy (non-hydrogen) atoms. The number of aromatic nitrogens is 1. The number of aryl methyl sites for hydroxylation is 1. The van der Waals surface area contributed by atoms with E-state index in [4.69, 9.17) is 4.98 Å². The Balaban J connectivity index is 0.000000279. The molecule has 0 unspecified atom stereocenters. The average Bonchev–Trinajstić information content (AvgIpc) is 3.62. The summed E-state index contributed by atoms with van der Waals surface area (Å²) >= 11 is 1.50. The smallest absolute Gasteiger partial charge is 0 e. The maximum Gasteiger partial charge on any atom is 0 e. The Morgan fingerprint density at radius 1 is 0.896 bits per heavy atom. The summed E-state index contributed by atoms with van der Waals surface area (Å²) in [6.45, 7) is 17.8. The van der Waals surface area contributed by atoms with Gasteiger partial charge in [-0.15, -0.1) is 0 Å². The van der Waals surface area contributed by atoms with Crippen LogP contribution in [0.15, 0.2) is 72.6 Å². The molecule has 3 aromatic heterocycles. The number of thiophene rings is 1. The van der Waals surface area contributed by atoms with Crippen LogP contribution in [0.2, 0.25) is 19.6 Å². The zero-order valence-corrected chi connectivity index (χ0v) is 36.0. The fraction of sp³-hybridized carbons (Fsp3) is 0.366. The van der Waals surface area contributed by atoms with Crippen LogP contribution in [0.5, 0.6) is 0 Å². The van der Waals surface area contributed by atoms with Crippen LogP contribution in [-0.4, -0.2) is 44.4 Å². The number of ketones is 1. The molecule has 1 radical (unpaired) electrons. The Morgan fingerprint density at radius 3 is 2.23 bits per heavy atom. The molecule has 3 nitrogen and oxygen atoms in total. The Kier molecular flexibility index (Phi) is 13.5. The summed E-state index contributed by atoms with van der Waals surface area (Å²) in [4.78, 5) is 16.6. The van der Waals surface area contributed by atoms with Gasteiger partial charge in [0.1, 0.15) is 0 Å². The van der Waals surface area contributed by atoms with Crippen molar-refractivity contribution >= 4 is 83.4 Å². The van der Waals surface area contributed by atoms with Gasteiger partial charge in [0.25, 0.3) is 0 Å². The van der Waals surface area contributed by atoms with E-state index in [0.29, 0.717) is 0 Å². The minimum Gasteiger partial charge on any atom is 0 e. The van der Waals surface area contributed by atoms with E-state index in [9.17, 15) is 9.90 Å². The number of carbonyl (C=O) groups excluding carboxylic acids is 1. The normalized spacial score (nSPS) is 12.2. The molecule has 0 fully saturated rings. The monoisotopic (exact) mass is 969 g/mol. The Bertz CT molecular complexity index is 2060. The topological polar surface area (TPSA) is 50.2 Å². The van der Waals surface area contributed by atoms with E-state index in [1.807, 2.05) is 45.2 Å². The van der Waals surface area contributed by atoms with E-state index in [1.165, 1.54) is 66.6 Å². The molecule has 0 atom stereocenters. The molecule has 0 aliphatic heterocycles. The number of fused-ring (bicyclic) bond motifs is 6. The molecule has 6 rings (SSSR count). The third-order valence-electron chi connectivity index (χ3n) is 9.30. The quantitative estimate of drug-likeness (QED) is 0.0644. The molecular weight excluding hydrogens is 918 g/mol. The van der Waals surface area contributed by atoms with E-state index >= 15 is 0 Å². The van der Waals surface area contributed by atoms with Gasteiger partial charge in [0.05, 0.1) is 5.76 Å². The molecule has 255 valence electrons. The molecule has 3 aromatic carbocycles. The van der Waals surface area contributed by atoms with Gasteiger partial charge in [-0.3, -0.25) is 4.79 Å². The number of rotatable bonds is 10. The third kappa shape index (κ3) is 8.26. The zero-order valence-electron chi connectivity index (χ0n) is 29.5. The van der Waals surface area contributed by atoms with Gasteiger partial charge in [0.2, 0.25) is 0 Å². The first-order valence-electron chi connectivity index (χ1n) is 17.1. The Morgan fingerprint density at radius 2 is 1.56 bits per heavy atom. The molecule has 1 N–H and O–H groups in total. The fourth-order valence-corrected chi connectivity index (χ4v) is 12.8. The summed E-state index contributed by atoms with van der Waals surface area (Å²) in [6, 6.07) is 25.0. The van der Waals surface area contributed by atoms with Crippen molar-refractivity contribution < 1.29 is 30.0 Å². The van der Waals surface area contributed by atoms with Crippen LogP contribution in [0.4, 0.5) is 0 Å². The number of aliphatic hydroxyl groups excluding tert-OH is 1. The van der Waals surface area contributed by atoms with Crippen LogP contribution in [0.1, 0.15) is 64.5 Å². The van der Waals surface area contributed by atoms with E-state index < -0.39 is 28.5 Å². The van der Waals surface area contributed by atoms with Crippen molar-refractivity contribution in [3.8, 4) is 11.3 Å². The van der Waals surface area contributed by atoms with Crippen LogP contribution in [0, 0.1) is 24.8 Å². The maximum absolute atomic E-state index is 11.7. The molecule has 3 heterocycles. The van der Waals surface area contributed by atoms with Crippen molar-refractivity contribution in [2.75, 3.05) is 0 Å². The molecule has 0 bridgehead atoms. The second kappa shape index (κ2) is 16.7. The first-order valence-corrected chi connectivity index (χ1v) is 23.9. The Labute approximate surface area is 314 Å². The largest absolute Gasteiger partial charge is 0 e. The van der Waals surface area contributed by atoms with Crippen LogP contribution in [-0.2, 0) is 30.9 Å². The minimum atomic E-state index is -1.17. The van der Waals surface area contributed by atoms with Crippen LogP contribution in [0.25, 0.3) is 49.0 Å². The number of carbonyl (C=O) groups is 1. The Hall–Kier alpha value is -2.10. The summed E-state index contributed by atoms with van der Waals surface area (Å²) in [5.74, 6) is 0.547. The molecular formula is C41H48IrNO2SSiTe-. The van der Waals surface area contributed by atoms with Crippen molar-refractivity contribution in [2.24, 2.45) is 11.8 Å². The van der Waals surface area contributed by atoms with Crippen molar-refractivity contribution in [1.82, 2.24) is 4.98 Å². The summed E-state index contributed by atoms with van der Waals surface area (Å²) < 4.78 is 5.76. The van der Waals surface area contributed by atoms with Gasteiger partial charge in [-0.2, -0.15) is 0 Å². The van der Waals surface area contributed by atoms with E-state index in [-0.39, 0.29) is 43.5 Å². The van der Waals surface area contributed by atoms with Crippen LogP contribution < -0.4 is 0 Å². The van der Waals surface area contributed by atoms with Gasteiger partial charge >= 0.3 is 204 Å². The molecule has 0 spiro atoms. The molecule has 0 aliphatic rings. The number of aliphatic hydroxyl groups is 1. The van der Waals surface area contributed by atoms with Crippen molar-refractivity contribution in [1.29, 1.82) is 0 Å². The van der Waals surface area contributed by atoms with E-state index in [1.54, 1.807) is 0 Å². The van der Waals surface area contributed by atoms with Gasteiger partial charge in [0, 0.05) is 38.0 Å². The minimum absolute atomic E-state index is 0. The van der Waals surface area contributed by atoms with Crippen molar-refractivity contribution in [3.05, 3.63) is 89.8 Å². The standard InChI is InChI=1S/C28H24NSSiTe.C13H24O2.Ir/c1-17-18(16-31(2,3)4)12-13-20-21-14-15-29-25(27(21)30-26(17)20)23-10-7-9-22-19-8-5-6-11-24(19)32-28(22)23;1-5-10(6-2)12(14)9-13(15)11(7-3)8-4;/h5-9,11-15H,16H2,1-4H3;9-11,14H,5-8H2,1-4H3;/q-1;;/b;12-9-;. The first-order chi connectivity index (χ1) is 22.5. The van der Waals surface area contributed by atoms with Gasteiger partial charge in [0.15, 0.2) is 5.78 Å². The van der Waals surface area contributed by atoms with Crippen LogP contribution >= 0.6 is 11.3 Å². The molecule has 6 aromatic rings. The van der Waals surface area contributed by atoms with Gasteiger partial charge in [-0.05, 0) is 25.7 Å². The van der Waals surface area contributed by atoms with Crippen molar-refractivity contribution in [2.45, 2.75) is 86.0 Å². The number of pyridine rings is 1. The number of allylic oxidation sites excluding steroid dienone is 2. The van der Waals surface area contributed by atoms with Gasteiger partial charge < -0.3 is 5.11 Å². The first kappa shape index (κ1) is 38.7. The fourth-order valence-electron chi connectivity index (χ4n) is 6.53. The van der Waals surface area contributed by atoms with Gasteiger partial charge in [-0.1, -0.05) is 27.7 Å². The molecule has 7 heteroatoms. The molecule has 0 saturated carbocycles. The predicted octanol–water partition coefficient (Wildman–Crippen LogP) is 11.9. The molecule has 0 aliphatic carbocycles. The second-order valence-corrected chi connectivity index (χ2v) is 23.3. The zero-order chi connectivity index (χ0) is 33.9. The van der Waals surface area contributed by atoms with E-state index in [0.717, 1.165) is 31.4 Å². The third-order valence-corrected chi connectivity index (χ3v) is 15.5. The summed E-state index contributed by atoms with van der Waals surface area (Å²) in [7, 11) is -1.17. The number of hydrogen-bond acceptors (Lipinski definition) is 4. The average molecular weight is 967 g/mol. The maximum atomic E-state index is 11.7. The molecule has 0 saturated heterocycles. The summed E-state index contributed by atoms with van der Waals surface area (Å²) in [5.41, 5.74) is 5.32. The van der Waals surface area contributed by atoms with Crippen LogP contribution in [0.3, 0.4) is 0 Å². The van der Waals surface area contributed by atoms with Crippen molar-refractivity contribution in [3.63, 3.8) is 0 Å². The molecule has 0 amide bonds. The van der Waals surface area contributed by atoms with E-state index in [2.05, 4.69) is 87.2 Å².